The lowest BCUT2D eigenvalue weighted by Gasteiger charge is -2.33. The Kier molecular flexibility index (Phi) is 8.66. The molecule has 0 spiro atoms. The summed E-state index contributed by atoms with van der Waals surface area (Å²) in [6.45, 7) is 1.83. The molecule has 0 saturated carbocycles. The van der Waals surface area contributed by atoms with Crippen molar-refractivity contribution >= 4 is 38.5 Å². The fourth-order valence-corrected chi connectivity index (χ4v) is 6.70. The van der Waals surface area contributed by atoms with Gasteiger partial charge in [0.1, 0.15) is 11.9 Å². The summed E-state index contributed by atoms with van der Waals surface area (Å²) in [4.78, 5) is 25.8. The molecule has 0 radical (unpaired) electrons. The van der Waals surface area contributed by atoms with Crippen LogP contribution in [-0.4, -0.2) is 64.8 Å². The first-order valence-electron chi connectivity index (χ1n) is 14.6. The normalized spacial score (nSPS) is 16.6. The summed E-state index contributed by atoms with van der Waals surface area (Å²) < 4.78 is 49.5. The lowest BCUT2D eigenvalue weighted by Crippen LogP contribution is -2.49. The molecule has 6 rings (SSSR count). The molecule has 1 fully saturated rings. The van der Waals surface area contributed by atoms with Crippen LogP contribution in [0.2, 0.25) is 0 Å². The molecular weight excluding hydrogens is 611 g/mol. The van der Waals surface area contributed by atoms with Crippen molar-refractivity contribution in [1.82, 2.24) is 19.9 Å². The van der Waals surface area contributed by atoms with Crippen LogP contribution in [0.5, 0.6) is 11.6 Å². The van der Waals surface area contributed by atoms with E-state index < -0.39 is 28.3 Å². The standard InChI is InChI=1S/C33H31FN6O5S/c1-21-12-13-25-26(9-5-11-29(25)39-46(43,44)20-22-7-3-2-4-8-22)30(21)45-31-27(10-6-15-35-31)28-14-16-36-32(38-28)37-24-17-23(34)18-40(19-24)33(41)42/h2-16,23-24,39H,17-20H2,1H3,(H,41,42)(H,36,37,38). The first kappa shape index (κ1) is 30.7. The van der Waals surface area contributed by atoms with Gasteiger partial charge in [-0.15, -0.1) is 0 Å². The number of sulfonamides is 1. The van der Waals surface area contributed by atoms with Gasteiger partial charge < -0.3 is 20.1 Å². The average molecular weight is 643 g/mol. The van der Waals surface area contributed by atoms with Crippen LogP contribution < -0.4 is 14.8 Å². The predicted molar refractivity (Wildman–Crippen MR) is 173 cm³/mol. The number of hydrogen-bond acceptors (Lipinski definition) is 8. The molecule has 0 bridgehead atoms. The van der Waals surface area contributed by atoms with Gasteiger partial charge in [0.15, 0.2) is 0 Å². The number of nitrogens with one attached hydrogen (secondary N) is 2. The van der Waals surface area contributed by atoms with Crippen LogP contribution in [0.3, 0.4) is 0 Å². The Morgan fingerprint density at radius 1 is 0.978 bits per heavy atom. The third-order valence-corrected chi connectivity index (χ3v) is 8.82. The largest absolute Gasteiger partial charge is 0.465 e. The van der Waals surface area contributed by atoms with E-state index in [0.717, 1.165) is 10.5 Å². The second-order valence-corrected chi connectivity index (χ2v) is 12.8. The number of amides is 1. The fourth-order valence-electron chi connectivity index (χ4n) is 5.48. The van der Waals surface area contributed by atoms with Crippen molar-refractivity contribution in [3.63, 3.8) is 0 Å². The number of hydrogen-bond donors (Lipinski definition) is 3. The topological polar surface area (TPSA) is 147 Å². The summed E-state index contributed by atoms with van der Waals surface area (Å²) in [7, 11) is -3.70. The summed E-state index contributed by atoms with van der Waals surface area (Å²) in [5, 5.41) is 13.7. The van der Waals surface area contributed by atoms with E-state index in [4.69, 9.17) is 4.74 Å². The number of fused-ring (bicyclic) bond motifs is 1. The smallest absolute Gasteiger partial charge is 0.407 e. The van der Waals surface area contributed by atoms with Crippen molar-refractivity contribution in [2.45, 2.75) is 31.3 Å². The molecule has 2 unspecified atom stereocenters. The van der Waals surface area contributed by atoms with Crippen LogP contribution in [0.25, 0.3) is 22.0 Å². The zero-order valence-corrected chi connectivity index (χ0v) is 25.6. The van der Waals surface area contributed by atoms with Gasteiger partial charge in [0, 0.05) is 42.2 Å². The van der Waals surface area contributed by atoms with Crippen molar-refractivity contribution in [3.8, 4) is 22.9 Å². The lowest BCUT2D eigenvalue weighted by atomic mass is 10.0. The number of carboxylic acid groups (broad SMARTS) is 1. The number of piperidine rings is 1. The molecule has 2 atom stereocenters. The molecule has 46 heavy (non-hydrogen) atoms. The third kappa shape index (κ3) is 6.99. The van der Waals surface area contributed by atoms with E-state index >= 15 is 0 Å². The van der Waals surface area contributed by atoms with Gasteiger partial charge in [0.2, 0.25) is 21.9 Å². The van der Waals surface area contributed by atoms with Crippen LogP contribution in [0.15, 0.2) is 91.3 Å². The van der Waals surface area contributed by atoms with E-state index in [1.165, 1.54) is 0 Å². The number of ether oxygens (including phenoxy) is 1. The number of alkyl halides is 1. The molecule has 236 valence electrons. The highest BCUT2D eigenvalue weighted by Crippen LogP contribution is 2.39. The van der Waals surface area contributed by atoms with Crippen molar-refractivity contribution in [3.05, 3.63) is 102 Å². The van der Waals surface area contributed by atoms with Crippen LogP contribution in [0, 0.1) is 6.92 Å². The van der Waals surface area contributed by atoms with Crippen LogP contribution in [0.4, 0.5) is 20.8 Å². The van der Waals surface area contributed by atoms with E-state index in [2.05, 4.69) is 25.0 Å². The van der Waals surface area contributed by atoms with Crippen LogP contribution in [-0.2, 0) is 15.8 Å². The van der Waals surface area contributed by atoms with E-state index in [9.17, 15) is 22.7 Å². The van der Waals surface area contributed by atoms with Gasteiger partial charge in [-0.2, -0.15) is 0 Å². The molecule has 1 amide bonds. The Bertz CT molecular complexity index is 2000. The number of pyridine rings is 1. The number of aryl methyl sites for hydroxylation is 1. The maximum atomic E-state index is 14.2. The van der Waals surface area contributed by atoms with Crippen molar-refractivity contribution < 1.29 is 27.4 Å². The lowest BCUT2D eigenvalue weighted by molar-refractivity contribution is 0.102. The van der Waals surface area contributed by atoms with Gasteiger partial charge in [-0.3, -0.25) is 4.72 Å². The molecule has 11 nitrogen and oxygen atoms in total. The van der Waals surface area contributed by atoms with E-state index in [-0.39, 0.29) is 37.1 Å². The molecule has 0 aliphatic carbocycles. The zero-order chi connectivity index (χ0) is 32.3. The molecule has 3 aromatic carbocycles. The first-order valence-corrected chi connectivity index (χ1v) is 16.2. The number of nitrogens with zero attached hydrogens (tertiary/aromatic N) is 4. The number of aromatic nitrogens is 3. The van der Waals surface area contributed by atoms with Gasteiger partial charge in [-0.25, -0.2) is 32.6 Å². The van der Waals surface area contributed by atoms with E-state index in [0.29, 0.717) is 39.0 Å². The fraction of sp³-hybridized carbons (Fsp3) is 0.212. The third-order valence-electron chi connectivity index (χ3n) is 7.58. The molecule has 1 aliphatic heterocycles. The number of halogens is 1. The number of anilines is 2. The predicted octanol–water partition coefficient (Wildman–Crippen LogP) is 6.24. The number of rotatable bonds is 9. The molecule has 2 aromatic heterocycles. The average Bonchev–Trinajstić information content (AvgIpc) is 3.02. The summed E-state index contributed by atoms with van der Waals surface area (Å²) in [5.74, 6) is 0.806. The second kappa shape index (κ2) is 13.0. The maximum Gasteiger partial charge on any atom is 0.407 e. The molecule has 3 N–H and O–H groups in total. The minimum atomic E-state index is -3.70. The maximum absolute atomic E-state index is 14.2. The molecule has 13 heteroatoms. The Balaban J connectivity index is 1.28. The SMILES string of the molecule is Cc1ccc2c(NS(=O)(=O)Cc3ccccc3)cccc2c1Oc1ncccc1-c1ccnc(NC2CC(F)CN(C(=O)O)C2)n1. The van der Waals surface area contributed by atoms with Crippen LogP contribution >= 0.6 is 0 Å². The Morgan fingerprint density at radius 2 is 1.80 bits per heavy atom. The second-order valence-electron chi connectivity index (χ2n) is 11.0. The molecular formula is C33H31FN6O5S. The molecule has 1 aliphatic rings. The monoisotopic (exact) mass is 642 g/mol. The highest BCUT2D eigenvalue weighted by molar-refractivity contribution is 7.91. The Hall–Kier alpha value is -5.30. The Morgan fingerprint density at radius 3 is 2.61 bits per heavy atom. The Labute approximate surface area is 265 Å². The molecule has 1 saturated heterocycles. The van der Waals surface area contributed by atoms with Gasteiger partial charge >= 0.3 is 6.09 Å². The van der Waals surface area contributed by atoms with Gasteiger partial charge in [-0.05, 0) is 42.3 Å². The van der Waals surface area contributed by atoms with Crippen molar-refractivity contribution in [2.75, 3.05) is 23.1 Å². The quantitative estimate of drug-likeness (QED) is 0.170. The zero-order valence-electron chi connectivity index (χ0n) is 24.8. The van der Waals surface area contributed by atoms with E-state index in [1.807, 2.05) is 31.2 Å². The van der Waals surface area contributed by atoms with Crippen LogP contribution in [0.1, 0.15) is 17.5 Å². The highest BCUT2D eigenvalue weighted by atomic mass is 32.2. The van der Waals surface area contributed by atoms with Gasteiger partial charge in [0.25, 0.3) is 0 Å². The number of benzene rings is 3. The minimum Gasteiger partial charge on any atom is -0.465 e. The summed E-state index contributed by atoms with van der Waals surface area (Å²) >= 11 is 0. The number of likely N-dealkylation sites (tertiary alicyclic amines) is 1. The summed E-state index contributed by atoms with van der Waals surface area (Å²) in [5.41, 5.74) is 2.94. The van der Waals surface area contributed by atoms with Crippen molar-refractivity contribution in [2.24, 2.45) is 0 Å². The summed E-state index contributed by atoms with van der Waals surface area (Å²) in [6, 6.07) is 22.7. The van der Waals surface area contributed by atoms with E-state index in [1.54, 1.807) is 67.0 Å². The number of carbonyl (C=O) groups is 1. The van der Waals surface area contributed by atoms with Crippen molar-refractivity contribution in [1.29, 1.82) is 0 Å². The molecule has 3 heterocycles. The molecule has 5 aromatic rings. The minimum absolute atomic E-state index is 0.107. The highest BCUT2D eigenvalue weighted by Gasteiger charge is 2.30. The van der Waals surface area contributed by atoms with Gasteiger partial charge in [-0.1, -0.05) is 54.6 Å². The first-order chi connectivity index (χ1) is 22.1. The van der Waals surface area contributed by atoms with Gasteiger partial charge in [0.05, 0.1) is 29.2 Å². The summed E-state index contributed by atoms with van der Waals surface area (Å²) in [6.07, 6.45) is 0.785.